The lowest BCUT2D eigenvalue weighted by molar-refractivity contribution is 0.0903. The molecule has 0 spiro atoms. The topological polar surface area (TPSA) is 71.8 Å². The van der Waals surface area contributed by atoms with Crippen molar-refractivity contribution in [3.63, 3.8) is 0 Å². The van der Waals surface area contributed by atoms with Crippen molar-refractivity contribution in [2.45, 2.75) is 25.4 Å². The van der Waals surface area contributed by atoms with E-state index in [0.29, 0.717) is 23.9 Å². The average molecular weight is 237 g/mol. The predicted molar refractivity (Wildman–Crippen MR) is 63.1 cm³/mol. The Kier molecular flexibility index (Phi) is 4.36. The van der Waals surface area contributed by atoms with Crippen LogP contribution in [-0.2, 0) is 4.74 Å². The monoisotopic (exact) mass is 237 g/mol. The molecule has 2 N–H and O–H groups in total. The fourth-order valence-corrected chi connectivity index (χ4v) is 1.84. The van der Waals surface area contributed by atoms with E-state index in [0.717, 1.165) is 25.9 Å². The minimum absolute atomic E-state index is 0.301. The van der Waals surface area contributed by atoms with Crippen molar-refractivity contribution in [3.05, 3.63) is 18.5 Å². The van der Waals surface area contributed by atoms with Gasteiger partial charge in [0, 0.05) is 24.7 Å². The van der Waals surface area contributed by atoms with E-state index in [2.05, 4.69) is 4.98 Å². The van der Waals surface area contributed by atoms with Gasteiger partial charge < -0.3 is 19.5 Å². The summed E-state index contributed by atoms with van der Waals surface area (Å²) in [6, 6.07) is 1.58. The summed E-state index contributed by atoms with van der Waals surface area (Å²) < 4.78 is 11.0. The smallest absolute Gasteiger partial charge is 0.490 e. The lowest BCUT2D eigenvalue weighted by atomic mass is 9.82. The van der Waals surface area contributed by atoms with Crippen LogP contribution in [0, 0.1) is 0 Å². The second kappa shape index (κ2) is 6.00. The van der Waals surface area contributed by atoms with Gasteiger partial charge >= 0.3 is 7.12 Å². The second-order valence-corrected chi connectivity index (χ2v) is 4.10. The van der Waals surface area contributed by atoms with E-state index in [1.165, 1.54) is 6.20 Å². The van der Waals surface area contributed by atoms with Crippen molar-refractivity contribution in [2.24, 2.45) is 0 Å². The first kappa shape index (κ1) is 12.4. The number of hydrogen-bond donors (Lipinski definition) is 2. The lowest BCUT2D eigenvalue weighted by Crippen LogP contribution is -2.30. The van der Waals surface area contributed by atoms with Gasteiger partial charge in [-0.1, -0.05) is 0 Å². The number of aromatic nitrogens is 1. The van der Waals surface area contributed by atoms with Gasteiger partial charge in [0.25, 0.3) is 0 Å². The maximum absolute atomic E-state index is 8.99. The van der Waals surface area contributed by atoms with Crippen molar-refractivity contribution in [3.8, 4) is 5.75 Å². The zero-order valence-corrected chi connectivity index (χ0v) is 9.58. The molecular weight excluding hydrogens is 221 g/mol. The van der Waals surface area contributed by atoms with Crippen molar-refractivity contribution >= 4 is 12.6 Å². The Morgan fingerprint density at radius 2 is 2.35 bits per heavy atom. The van der Waals surface area contributed by atoms with Crippen LogP contribution in [0.1, 0.15) is 19.3 Å². The molecule has 1 aliphatic rings. The summed E-state index contributed by atoms with van der Waals surface area (Å²) in [6.45, 7) is 1.40. The van der Waals surface area contributed by atoms with E-state index >= 15 is 0 Å². The summed E-state index contributed by atoms with van der Waals surface area (Å²) >= 11 is 0. The molecule has 1 saturated heterocycles. The minimum Gasteiger partial charge on any atom is -0.492 e. The quantitative estimate of drug-likeness (QED) is 0.688. The van der Waals surface area contributed by atoms with E-state index in [-0.39, 0.29) is 0 Å². The Morgan fingerprint density at radius 1 is 1.47 bits per heavy atom. The highest BCUT2D eigenvalue weighted by Gasteiger charge is 2.15. The molecule has 0 aromatic carbocycles. The molecule has 1 atom stereocenters. The van der Waals surface area contributed by atoms with Crippen molar-refractivity contribution in [1.29, 1.82) is 0 Å². The first-order valence-corrected chi connectivity index (χ1v) is 5.81. The fraction of sp³-hybridized carbons (Fsp3) is 0.545. The first-order chi connectivity index (χ1) is 8.25. The highest BCUT2D eigenvalue weighted by Crippen LogP contribution is 2.15. The zero-order chi connectivity index (χ0) is 12.1. The number of nitrogens with zero attached hydrogens (tertiary/aromatic N) is 1. The Balaban J connectivity index is 1.79. The molecule has 0 bridgehead atoms. The van der Waals surface area contributed by atoms with Crippen molar-refractivity contribution < 1.29 is 19.5 Å². The summed E-state index contributed by atoms with van der Waals surface area (Å²) in [4.78, 5) is 3.88. The van der Waals surface area contributed by atoms with Gasteiger partial charge in [0.05, 0.1) is 18.9 Å². The summed E-state index contributed by atoms with van der Waals surface area (Å²) in [5.74, 6) is 0.550. The summed E-state index contributed by atoms with van der Waals surface area (Å²) in [6.07, 6.45) is 6.33. The van der Waals surface area contributed by atoms with Gasteiger partial charge in [-0.15, -0.1) is 0 Å². The molecule has 1 unspecified atom stereocenters. The third-order valence-electron chi connectivity index (χ3n) is 2.76. The Hall–Kier alpha value is -1.11. The predicted octanol–water partition coefficient (Wildman–Crippen LogP) is -0.291. The third kappa shape index (κ3) is 3.69. The number of pyridine rings is 1. The van der Waals surface area contributed by atoms with Crippen LogP contribution >= 0.6 is 0 Å². The second-order valence-electron chi connectivity index (χ2n) is 4.10. The molecule has 2 rings (SSSR count). The Bertz CT molecular complexity index is 355. The Labute approximate surface area is 101 Å². The van der Waals surface area contributed by atoms with Gasteiger partial charge in [0.15, 0.2) is 0 Å². The molecule has 5 nitrogen and oxygen atoms in total. The van der Waals surface area contributed by atoms with Gasteiger partial charge in [0.1, 0.15) is 5.75 Å². The van der Waals surface area contributed by atoms with Crippen LogP contribution < -0.4 is 10.2 Å². The van der Waals surface area contributed by atoms with E-state index in [9.17, 15) is 0 Å². The standard InChI is InChI=1S/C11H16BNO4/c14-12(15)9-6-11(8-13-7-9)17-5-3-10-2-1-4-16-10/h6-8,10,14-15H,1-5H2. The van der Waals surface area contributed by atoms with Crippen molar-refractivity contribution in [1.82, 2.24) is 4.98 Å². The zero-order valence-electron chi connectivity index (χ0n) is 9.58. The summed E-state index contributed by atoms with van der Waals surface area (Å²) in [7, 11) is -1.51. The molecule has 0 aliphatic carbocycles. The largest absolute Gasteiger partial charge is 0.492 e. The van der Waals surface area contributed by atoms with Gasteiger partial charge in [-0.05, 0) is 18.9 Å². The molecule has 92 valence electrons. The number of hydrogen-bond acceptors (Lipinski definition) is 5. The van der Waals surface area contributed by atoms with Crippen LogP contribution in [-0.4, -0.2) is 41.5 Å². The molecule has 0 radical (unpaired) electrons. The average Bonchev–Trinajstić information content (AvgIpc) is 2.82. The van der Waals surface area contributed by atoms with Crippen LogP contribution in [0.25, 0.3) is 0 Å². The molecule has 1 fully saturated rings. The molecule has 1 aromatic rings. The maximum atomic E-state index is 8.99. The van der Waals surface area contributed by atoms with E-state index in [1.807, 2.05) is 0 Å². The molecular formula is C11H16BNO4. The normalized spacial score (nSPS) is 19.3. The molecule has 17 heavy (non-hydrogen) atoms. The summed E-state index contributed by atoms with van der Waals surface area (Å²) in [5, 5.41) is 18.0. The Morgan fingerprint density at radius 3 is 3.06 bits per heavy atom. The lowest BCUT2D eigenvalue weighted by Gasteiger charge is -2.10. The fourth-order valence-electron chi connectivity index (χ4n) is 1.84. The van der Waals surface area contributed by atoms with Gasteiger partial charge in [-0.25, -0.2) is 0 Å². The third-order valence-corrected chi connectivity index (χ3v) is 2.76. The maximum Gasteiger partial charge on any atom is 0.490 e. The van der Waals surface area contributed by atoms with Crippen LogP contribution in [0.5, 0.6) is 5.75 Å². The SMILES string of the molecule is OB(O)c1cncc(OCCC2CCCO2)c1. The van der Waals surface area contributed by atoms with E-state index in [4.69, 9.17) is 19.5 Å². The minimum atomic E-state index is -1.51. The van der Waals surface area contributed by atoms with Crippen molar-refractivity contribution in [2.75, 3.05) is 13.2 Å². The van der Waals surface area contributed by atoms with Crippen LogP contribution in [0.3, 0.4) is 0 Å². The molecule has 0 amide bonds. The van der Waals surface area contributed by atoms with Gasteiger partial charge in [-0.3, -0.25) is 4.98 Å². The van der Waals surface area contributed by atoms with Gasteiger partial charge in [-0.2, -0.15) is 0 Å². The summed E-state index contributed by atoms with van der Waals surface area (Å²) in [5.41, 5.74) is 0.333. The number of ether oxygens (including phenoxy) is 2. The van der Waals surface area contributed by atoms with Crippen LogP contribution in [0.15, 0.2) is 18.5 Å². The highest BCUT2D eigenvalue weighted by atomic mass is 16.5. The van der Waals surface area contributed by atoms with Crippen LogP contribution in [0.2, 0.25) is 0 Å². The molecule has 1 aliphatic heterocycles. The molecule has 2 heterocycles. The van der Waals surface area contributed by atoms with E-state index < -0.39 is 7.12 Å². The molecule has 6 heteroatoms. The number of rotatable bonds is 5. The molecule has 1 aromatic heterocycles. The van der Waals surface area contributed by atoms with Crippen LogP contribution in [0.4, 0.5) is 0 Å². The molecule has 0 saturated carbocycles. The van der Waals surface area contributed by atoms with E-state index in [1.54, 1.807) is 12.3 Å². The van der Waals surface area contributed by atoms with Gasteiger partial charge in [0.2, 0.25) is 0 Å². The highest BCUT2D eigenvalue weighted by molar-refractivity contribution is 6.58. The first-order valence-electron chi connectivity index (χ1n) is 5.81.